The van der Waals surface area contributed by atoms with Crippen molar-refractivity contribution in [3.05, 3.63) is 0 Å². The van der Waals surface area contributed by atoms with Crippen LogP contribution >= 0.6 is 0 Å². The summed E-state index contributed by atoms with van der Waals surface area (Å²) in [6.07, 6.45) is 6.86. The van der Waals surface area contributed by atoms with Gasteiger partial charge in [0.15, 0.2) is 0 Å². The van der Waals surface area contributed by atoms with Crippen LogP contribution in [0.25, 0.3) is 0 Å². The van der Waals surface area contributed by atoms with E-state index in [0.29, 0.717) is 11.8 Å². The van der Waals surface area contributed by atoms with Gasteiger partial charge in [-0.3, -0.25) is 4.79 Å². The highest BCUT2D eigenvalue weighted by Gasteiger charge is 2.27. The smallest absolute Gasteiger partial charge is 0.225 e. The maximum absolute atomic E-state index is 12.3. The topological polar surface area (TPSA) is 20.3 Å². The minimum absolute atomic E-state index is 0.328. The fourth-order valence-corrected chi connectivity index (χ4v) is 2.64. The SMILES string of the molecule is CCCN(CCC)C(=O)C1CCC(C)CC1. The number of hydrogen-bond donors (Lipinski definition) is 0. The molecule has 0 aromatic rings. The van der Waals surface area contributed by atoms with Crippen LogP contribution < -0.4 is 0 Å². The van der Waals surface area contributed by atoms with Gasteiger partial charge in [-0.1, -0.05) is 20.8 Å². The number of carbonyl (C=O) groups is 1. The first-order chi connectivity index (χ1) is 7.69. The molecule has 94 valence electrons. The fourth-order valence-electron chi connectivity index (χ4n) is 2.64. The van der Waals surface area contributed by atoms with Crippen molar-refractivity contribution < 1.29 is 4.79 Å². The minimum atomic E-state index is 0.328. The molecule has 16 heavy (non-hydrogen) atoms. The molecule has 0 aliphatic heterocycles. The summed E-state index contributed by atoms with van der Waals surface area (Å²) in [6.45, 7) is 8.49. The van der Waals surface area contributed by atoms with Gasteiger partial charge in [-0.25, -0.2) is 0 Å². The Morgan fingerprint density at radius 1 is 1.06 bits per heavy atom. The van der Waals surface area contributed by atoms with Crippen molar-refractivity contribution in [2.45, 2.75) is 59.3 Å². The summed E-state index contributed by atoms with van der Waals surface area (Å²) in [6, 6.07) is 0. The van der Waals surface area contributed by atoms with Gasteiger partial charge in [0, 0.05) is 19.0 Å². The lowest BCUT2D eigenvalue weighted by atomic mass is 9.82. The van der Waals surface area contributed by atoms with Crippen molar-refractivity contribution in [1.82, 2.24) is 4.90 Å². The largest absolute Gasteiger partial charge is 0.342 e. The normalized spacial score (nSPS) is 25.4. The Morgan fingerprint density at radius 2 is 1.56 bits per heavy atom. The highest BCUT2D eigenvalue weighted by Crippen LogP contribution is 2.29. The Hall–Kier alpha value is -0.530. The zero-order chi connectivity index (χ0) is 12.0. The second-order valence-corrected chi connectivity index (χ2v) is 5.28. The van der Waals surface area contributed by atoms with Gasteiger partial charge < -0.3 is 4.90 Å². The van der Waals surface area contributed by atoms with Gasteiger partial charge in [0.2, 0.25) is 5.91 Å². The van der Waals surface area contributed by atoms with Gasteiger partial charge in [0.1, 0.15) is 0 Å². The summed E-state index contributed by atoms with van der Waals surface area (Å²) in [5, 5.41) is 0. The first-order valence-corrected chi connectivity index (χ1v) is 6.97. The molecule has 1 rings (SSSR count). The maximum atomic E-state index is 12.3. The predicted octanol–water partition coefficient (Wildman–Crippen LogP) is 3.46. The predicted molar refractivity (Wildman–Crippen MR) is 68.3 cm³/mol. The lowest BCUT2D eigenvalue weighted by molar-refractivity contribution is -0.136. The van der Waals surface area contributed by atoms with Crippen LogP contribution in [-0.2, 0) is 4.79 Å². The first kappa shape index (κ1) is 13.5. The Balaban J connectivity index is 2.46. The molecule has 0 saturated heterocycles. The Bertz CT molecular complexity index is 201. The molecule has 2 nitrogen and oxygen atoms in total. The van der Waals surface area contributed by atoms with E-state index >= 15 is 0 Å². The van der Waals surface area contributed by atoms with E-state index in [-0.39, 0.29) is 0 Å². The molecule has 0 radical (unpaired) electrons. The number of carbonyl (C=O) groups excluding carboxylic acids is 1. The van der Waals surface area contributed by atoms with Crippen LogP contribution in [0.1, 0.15) is 59.3 Å². The van der Waals surface area contributed by atoms with Crippen LogP contribution in [-0.4, -0.2) is 23.9 Å². The van der Waals surface area contributed by atoms with E-state index in [9.17, 15) is 4.79 Å². The molecule has 1 fully saturated rings. The van der Waals surface area contributed by atoms with Crippen molar-refractivity contribution in [1.29, 1.82) is 0 Å². The monoisotopic (exact) mass is 225 g/mol. The van der Waals surface area contributed by atoms with Crippen molar-refractivity contribution in [3.63, 3.8) is 0 Å². The average Bonchev–Trinajstić information content (AvgIpc) is 2.29. The van der Waals surface area contributed by atoms with Crippen molar-refractivity contribution in [2.75, 3.05) is 13.1 Å². The zero-order valence-electron chi connectivity index (χ0n) is 11.2. The minimum Gasteiger partial charge on any atom is -0.342 e. The summed E-state index contributed by atoms with van der Waals surface area (Å²) in [7, 11) is 0. The van der Waals surface area contributed by atoms with Gasteiger partial charge in [-0.05, 0) is 44.4 Å². The molecule has 0 spiro atoms. The number of nitrogens with zero attached hydrogens (tertiary/aromatic N) is 1. The molecule has 1 saturated carbocycles. The molecule has 0 atom stereocenters. The maximum Gasteiger partial charge on any atom is 0.225 e. The molecule has 1 aliphatic rings. The van der Waals surface area contributed by atoms with Crippen LogP contribution in [0.4, 0.5) is 0 Å². The molecule has 0 bridgehead atoms. The summed E-state index contributed by atoms with van der Waals surface area (Å²) in [4.78, 5) is 14.4. The summed E-state index contributed by atoms with van der Waals surface area (Å²) < 4.78 is 0. The third-order valence-corrected chi connectivity index (χ3v) is 3.66. The average molecular weight is 225 g/mol. The highest BCUT2D eigenvalue weighted by molar-refractivity contribution is 5.78. The molecule has 0 N–H and O–H groups in total. The molecule has 2 heteroatoms. The van der Waals surface area contributed by atoms with Crippen LogP contribution in [0.15, 0.2) is 0 Å². The Morgan fingerprint density at radius 3 is 2.00 bits per heavy atom. The van der Waals surface area contributed by atoms with E-state index < -0.39 is 0 Å². The van der Waals surface area contributed by atoms with Crippen molar-refractivity contribution in [2.24, 2.45) is 11.8 Å². The molecule has 1 amide bonds. The van der Waals surface area contributed by atoms with Crippen molar-refractivity contribution >= 4 is 5.91 Å². The quantitative estimate of drug-likeness (QED) is 0.701. The van der Waals surface area contributed by atoms with Crippen LogP contribution in [0.2, 0.25) is 0 Å². The van der Waals surface area contributed by atoms with Crippen molar-refractivity contribution in [3.8, 4) is 0 Å². The zero-order valence-corrected chi connectivity index (χ0v) is 11.2. The van der Waals surface area contributed by atoms with Gasteiger partial charge in [0.05, 0.1) is 0 Å². The lowest BCUT2D eigenvalue weighted by Crippen LogP contribution is -2.38. The molecule has 0 aromatic carbocycles. The van der Waals surface area contributed by atoms with E-state index in [4.69, 9.17) is 0 Å². The third-order valence-electron chi connectivity index (χ3n) is 3.66. The lowest BCUT2D eigenvalue weighted by Gasteiger charge is -2.30. The Labute approximate surface area is 100 Å². The second-order valence-electron chi connectivity index (χ2n) is 5.28. The van der Waals surface area contributed by atoms with E-state index in [1.807, 2.05) is 0 Å². The number of hydrogen-bond acceptors (Lipinski definition) is 1. The van der Waals surface area contributed by atoms with Gasteiger partial charge in [-0.15, -0.1) is 0 Å². The number of amides is 1. The fraction of sp³-hybridized carbons (Fsp3) is 0.929. The third kappa shape index (κ3) is 3.80. The Kier molecular flexibility index (Phi) is 5.86. The summed E-state index contributed by atoms with van der Waals surface area (Å²) in [5.74, 6) is 1.58. The molecule has 0 unspecified atom stereocenters. The van der Waals surface area contributed by atoms with Crippen LogP contribution in [0, 0.1) is 11.8 Å². The van der Waals surface area contributed by atoms with E-state index in [0.717, 1.165) is 44.7 Å². The standard InChI is InChI=1S/C14H27NO/c1-4-10-15(11-5-2)14(16)13-8-6-12(3)7-9-13/h12-13H,4-11H2,1-3H3. The van der Waals surface area contributed by atoms with Gasteiger partial charge >= 0.3 is 0 Å². The van der Waals surface area contributed by atoms with E-state index in [1.54, 1.807) is 0 Å². The van der Waals surface area contributed by atoms with Gasteiger partial charge in [0.25, 0.3) is 0 Å². The first-order valence-electron chi connectivity index (χ1n) is 6.97. The summed E-state index contributed by atoms with van der Waals surface area (Å²) in [5.41, 5.74) is 0. The summed E-state index contributed by atoms with van der Waals surface area (Å²) >= 11 is 0. The number of rotatable bonds is 5. The highest BCUT2D eigenvalue weighted by atomic mass is 16.2. The van der Waals surface area contributed by atoms with Crippen LogP contribution in [0.5, 0.6) is 0 Å². The second kappa shape index (κ2) is 6.93. The molecule has 1 aliphatic carbocycles. The molecular weight excluding hydrogens is 198 g/mol. The van der Waals surface area contributed by atoms with E-state index in [2.05, 4.69) is 25.7 Å². The van der Waals surface area contributed by atoms with Crippen LogP contribution in [0.3, 0.4) is 0 Å². The molecule has 0 heterocycles. The van der Waals surface area contributed by atoms with Gasteiger partial charge in [-0.2, -0.15) is 0 Å². The van der Waals surface area contributed by atoms with E-state index in [1.165, 1.54) is 12.8 Å². The molecular formula is C14H27NO. The molecule has 0 aromatic heterocycles.